The molecule has 3 aliphatic heterocycles. The Balaban J connectivity index is 1.36. The maximum atomic E-state index is 12.8. The van der Waals surface area contributed by atoms with E-state index in [1.165, 1.54) is 10.5 Å². The highest BCUT2D eigenvalue weighted by molar-refractivity contribution is 6.08. The molecular formula is C22H20N4O4. The fraction of sp³-hybridized carbons (Fsp3) is 0.273. The molecule has 2 aromatic rings. The largest absolute Gasteiger partial charge is 0.322 e. The molecule has 1 saturated heterocycles. The fourth-order valence-electron chi connectivity index (χ4n) is 4.36. The van der Waals surface area contributed by atoms with Gasteiger partial charge in [0, 0.05) is 42.9 Å². The molecule has 0 aliphatic carbocycles. The summed E-state index contributed by atoms with van der Waals surface area (Å²) < 4.78 is 0. The van der Waals surface area contributed by atoms with Crippen LogP contribution in [0, 0.1) is 0 Å². The normalized spacial score (nSPS) is 20.1. The van der Waals surface area contributed by atoms with E-state index in [1.807, 2.05) is 18.2 Å². The van der Waals surface area contributed by atoms with E-state index in [4.69, 9.17) is 0 Å². The summed E-state index contributed by atoms with van der Waals surface area (Å²) in [5.74, 6) is -1.26. The number of nitrogens with zero attached hydrogens (tertiary/aromatic N) is 1. The first-order valence-corrected chi connectivity index (χ1v) is 9.91. The molecule has 5 rings (SSSR count). The summed E-state index contributed by atoms with van der Waals surface area (Å²) in [5.41, 5.74) is 4.69. The Kier molecular flexibility index (Phi) is 4.36. The van der Waals surface area contributed by atoms with Gasteiger partial charge in [0.05, 0.1) is 0 Å². The van der Waals surface area contributed by atoms with Crippen molar-refractivity contribution in [2.75, 3.05) is 5.32 Å². The van der Waals surface area contributed by atoms with E-state index in [-0.39, 0.29) is 30.7 Å². The van der Waals surface area contributed by atoms with Crippen LogP contribution in [0.5, 0.6) is 0 Å². The van der Waals surface area contributed by atoms with Gasteiger partial charge in [0.15, 0.2) is 0 Å². The quantitative estimate of drug-likeness (QED) is 0.669. The summed E-state index contributed by atoms with van der Waals surface area (Å²) in [7, 11) is 0. The van der Waals surface area contributed by atoms with Crippen molar-refractivity contribution in [2.45, 2.75) is 38.5 Å². The molecule has 8 nitrogen and oxygen atoms in total. The van der Waals surface area contributed by atoms with E-state index >= 15 is 0 Å². The van der Waals surface area contributed by atoms with Gasteiger partial charge in [-0.25, -0.2) is 0 Å². The van der Waals surface area contributed by atoms with Crippen molar-refractivity contribution in [3.05, 3.63) is 64.2 Å². The molecule has 2 aromatic carbocycles. The lowest BCUT2D eigenvalue weighted by Crippen LogP contribution is -2.52. The minimum atomic E-state index is -0.667. The lowest BCUT2D eigenvalue weighted by atomic mass is 10.0. The second kappa shape index (κ2) is 7.07. The van der Waals surface area contributed by atoms with Gasteiger partial charge in [-0.05, 0) is 47.4 Å². The summed E-state index contributed by atoms with van der Waals surface area (Å²) in [6.45, 7) is 1.74. The molecule has 3 aliphatic rings. The minimum Gasteiger partial charge on any atom is -0.322 e. The molecular weight excluding hydrogens is 384 g/mol. The highest BCUT2D eigenvalue weighted by Gasteiger charge is 2.39. The number of benzene rings is 2. The first kappa shape index (κ1) is 18.5. The number of imide groups is 1. The third-order valence-electron chi connectivity index (χ3n) is 5.92. The molecule has 0 aromatic heterocycles. The van der Waals surface area contributed by atoms with E-state index in [0.29, 0.717) is 29.7 Å². The van der Waals surface area contributed by atoms with Crippen LogP contribution < -0.4 is 16.0 Å². The SMILES string of the molecule is O=C1CCC(N2Cc3cc(C(=O)Nc4cccc5c4CNC5)ccc3C2=O)C(=O)N1. The third-order valence-corrected chi connectivity index (χ3v) is 5.92. The average Bonchev–Trinajstić information content (AvgIpc) is 3.33. The number of hydrogen-bond acceptors (Lipinski definition) is 5. The van der Waals surface area contributed by atoms with Gasteiger partial charge in [-0.15, -0.1) is 0 Å². The Labute approximate surface area is 172 Å². The van der Waals surface area contributed by atoms with Crippen LogP contribution in [0.15, 0.2) is 36.4 Å². The van der Waals surface area contributed by atoms with Crippen LogP contribution in [0.25, 0.3) is 0 Å². The highest BCUT2D eigenvalue weighted by Crippen LogP contribution is 2.29. The Morgan fingerprint density at radius 3 is 2.77 bits per heavy atom. The second-order valence-corrected chi connectivity index (χ2v) is 7.77. The number of fused-ring (bicyclic) bond motifs is 2. The smallest absolute Gasteiger partial charge is 0.255 e. The molecule has 1 atom stereocenters. The van der Waals surface area contributed by atoms with Crippen LogP contribution in [0.1, 0.15) is 50.2 Å². The van der Waals surface area contributed by atoms with Gasteiger partial charge in [0.2, 0.25) is 11.8 Å². The van der Waals surface area contributed by atoms with Crippen molar-refractivity contribution < 1.29 is 19.2 Å². The lowest BCUT2D eigenvalue weighted by molar-refractivity contribution is -0.136. The Bertz CT molecular complexity index is 1110. The van der Waals surface area contributed by atoms with Crippen LogP contribution in [-0.2, 0) is 29.2 Å². The van der Waals surface area contributed by atoms with Crippen molar-refractivity contribution in [2.24, 2.45) is 0 Å². The summed E-state index contributed by atoms with van der Waals surface area (Å²) >= 11 is 0. The Hall–Kier alpha value is -3.52. The van der Waals surface area contributed by atoms with Crippen molar-refractivity contribution >= 4 is 29.3 Å². The maximum Gasteiger partial charge on any atom is 0.255 e. The molecule has 0 saturated carbocycles. The van der Waals surface area contributed by atoms with Gasteiger partial charge in [-0.3, -0.25) is 24.5 Å². The van der Waals surface area contributed by atoms with Crippen LogP contribution >= 0.6 is 0 Å². The van der Waals surface area contributed by atoms with E-state index in [0.717, 1.165) is 17.8 Å². The third kappa shape index (κ3) is 3.05. The van der Waals surface area contributed by atoms with Crippen molar-refractivity contribution in [1.82, 2.24) is 15.5 Å². The molecule has 0 radical (unpaired) electrons. The summed E-state index contributed by atoms with van der Waals surface area (Å²) in [6.07, 6.45) is 0.519. The fourth-order valence-corrected chi connectivity index (χ4v) is 4.36. The molecule has 1 unspecified atom stereocenters. The monoisotopic (exact) mass is 404 g/mol. The number of carbonyl (C=O) groups is 4. The number of amides is 4. The Morgan fingerprint density at radius 1 is 1.07 bits per heavy atom. The first-order valence-electron chi connectivity index (χ1n) is 9.91. The van der Waals surface area contributed by atoms with E-state index in [1.54, 1.807) is 18.2 Å². The summed E-state index contributed by atoms with van der Waals surface area (Å²) in [4.78, 5) is 50.6. The summed E-state index contributed by atoms with van der Waals surface area (Å²) in [5, 5.41) is 8.53. The van der Waals surface area contributed by atoms with Crippen LogP contribution in [0.3, 0.4) is 0 Å². The number of anilines is 1. The zero-order valence-electron chi connectivity index (χ0n) is 16.2. The second-order valence-electron chi connectivity index (χ2n) is 7.77. The summed E-state index contributed by atoms with van der Waals surface area (Å²) in [6, 6.07) is 10.1. The molecule has 0 bridgehead atoms. The van der Waals surface area contributed by atoms with Crippen LogP contribution in [-0.4, -0.2) is 34.6 Å². The van der Waals surface area contributed by atoms with Gasteiger partial charge in [-0.2, -0.15) is 0 Å². The minimum absolute atomic E-state index is 0.209. The molecule has 30 heavy (non-hydrogen) atoms. The van der Waals surface area contributed by atoms with Gasteiger partial charge in [0.1, 0.15) is 6.04 Å². The van der Waals surface area contributed by atoms with Crippen molar-refractivity contribution in [3.63, 3.8) is 0 Å². The van der Waals surface area contributed by atoms with Crippen molar-refractivity contribution in [3.8, 4) is 0 Å². The predicted octanol–water partition coefficient (Wildman–Crippen LogP) is 1.30. The molecule has 1 fully saturated rings. The van der Waals surface area contributed by atoms with E-state index in [9.17, 15) is 19.2 Å². The molecule has 8 heteroatoms. The standard InChI is InChI=1S/C22H20N4O4/c27-19-7-6-18(21(29)25-19)26-11-14-8-12(4-5-15(14)22(26)30)20(28)24-17-3-1-2-13-9-23-10-16(13)17/h1-5,8,18,23H,6-7,9-11H2,(H,24,28)(H,25,27,29). The number of hydrogen-bond donors (Lipinski definition) is 3. The number of piperidine rings is 1. The zero-order chi connectivity index (χ0) is 20.8. The molecule has 3 N–H and O–H groups in total. The average molecular weight is 404 g/mol. The number of rotatable bonds is 3. The first-order chi connectivity index (χ1) is 14.5. The van der Waals surface area contributed by atoms with Gasteiger partial charge in [-0.1, -0.05) is 12.1 Å². The molecule has 3 heterocycles. The van der Waals surface area contributed by atoms with Crippen molar-refractivity contribution in [1.29, 1.82) is 0 Å². The van der Waals surface area contributed by atoms with E-state index in [2.05, 4.69) is 16.0 Å². The number of carbonyl (C=O) groups excluding carboxylic acids is 4. The van der Waals surface area contributed by atoms with Gasteiger partial charge >= 0.3 is 0 Å². The highest BCUT2D eigenvalue weighted by atomic mass is 16.2. The zero-order valence-corrected chi connectivity index (χ0v) is 16.2. The molecule has 4 amide bonds. The maximum absolute atomic E-state index is 12.8. The van der Waals surface area contributed by atoms with E-state index < -0.39 is 11.9 Å². The van der Waals surface area contributed by atoms with Gasteiger partial charge < -0.3 is 15.5 Å². The van der Waals surface area contributed by atoms with Crippen LogP contribution in [0.4, 0.5) is 5.69 Å². The number of nitrogens with one attached hydrogen (secondary N) is 3. The lowest BCUT2D eigenvalue weighted by Gasteiger charge is -2.29. The van der Waals surface area contributed by atoms with Gasteiger partial charge in [0.25, 0.3) is 11.8 Å². The topological polar surface area (TPSA) is 108 Å². The van der Waals surface area contributed by atoms with Crippen LogP contribution in [0.2, 0.25) is 0 Å². The molecule has 0 spiro atoms. The Morgan fingerprint density at radius 2 is 1.93 bits per heavy atom. The predicted molar refractivity (Wildman–Crippen MR) is 107 cm³/mol. The molecule has 152 valence electrons.